The summed E-state index contributed by atoms with van der Waals surface area (Å²) < 4.78 is 58.9. The highest BCUT2D eigenvalue weighted by atomic mass is 35.5. The Balaban J connectivity index is 0.000000729. The molecule has 0 aliphatic carbocycles. The third kappa shape index (κ3) is 24.0. The fraction of sp³-hybridized carbons (Fsp3) is 0.394. The van der Waals surface area contributed by atoms with E-state index >= 15 is 0 Å². The van der Waals surface area contributed by atoms with Crippen molar-refractivity contribution in [2.75, 3.05) is 27.7 Å². The first kappa shape index (κ1) is 45.8. The van der Waals surface area contributed by atoms with Gasteiger partial charge in [0.05, 0.1) is 12.5 Å². The van der Waals surface area contributed by atoms with E-state index < -0.39 is 43.4 Å². The average Bonchev–Trinajstić information content (AvgIpc) is 2.92. The molecule has 0 aliphatic heterocycles. The highest BCUT2D eigenvalue weighted by molar-refractivity contribution is 7.92. The van der Waals surface area contributed by atoms with Crippen molar-refractivity contribution < 1.29 is 35.9 Å². The lowest BCUT2D eigenvalue weighted by atomic mass is 10.2. The van der Waals surface area contributed by atoms with Gasteiger partial charge in [0.25, 0.3) is 0 Å². The summed E-state index contributed by atoms with van der Waals surface area (Å²) in [5.74, 6) is 0. The number of rotatable bonds is 9. The first-order valence-electron chi connectivity index (χ1n) is 15.0. The zero-order valence-electron chi connectivity index (χ0n) is 29.7. The lowest BCUT2D eigenvalue weighted by molar-refractivity contribution is 0.0512. The van der Waals surface area contributed by atoms with Crippen LogP contribution in [0, 0.1) is 0 Å². The van der Waals surface area contributed by atoms with Crippen LogP contribution >= 0.6 is 12.4 Å². The van der Waals surface area contributed by atoms with Crippen LogP contribution in [0.1, 0.15) is 58.2 Å². The molecular formula is C33H51ClN6O8S2. The zero-order chi connectivity index (χ0) is 37.5. The summed E-state index contributed by atoms with van der Waals surface area (Å²) in [5, 5.41) is 5.27. The molecule has 0 aromatic heterocycles. The lowest BCUT2D eigenvalue weighted by Crippen LogP contribution is -2.32. The molecule has 3 aromatic rings. The van der Waals surface area contributed by atoms with Crippen molar-refractivity contribution in [1.29, 1.82) is 0 Å². The predicted molar refractivity (Wildman–Crippen MR) is 202 cm³/mol. The van der Waals surface area contributed by atoms with Gasteiger partial charge in [-0.05, 0) is 94.6 Å². The summed E-state index contributed by atoms with van der Waals surface area (Å²) in [7, 11) is -6.50. The number of carbonyl (C=O) groups is 2. The Bertz CT molecular complexity index is 1740. The molecule has 50 heavy (non-hydrogen) atoms. The van der Waals surface area contributed by atoms with E-state index in [0.29, 0.717) is 30.2 Å². The van der Waals surface area contributed by atoms with Crippen molar-refractivity contribution in [3.05, 3.63) is 89.5 Å². The molecule has 2 amide bonds. The number of nitrogens with one attached hydrogen (secondary N) is 4. The number of hydrogen-bond acceptors (Lipinski definition) is 10. The quantitative estimate of drug-likeness (QED) is 0.154. The molecule has 17 heteroatoms. The van der Waals surface area contributed by atoms with Crippen LogP contribution in [0.3, 0.4) is 0 Å². The fourth-order valence-corrected chi connectivity index (χ4v) is 4.72. The summed E-state index contributed by atoms with van der Waals surface area (Å²) in [6.45, 7) is 11.9. The second kappa shape index (κ2) is 20.4. The van der Waals surface area contributed by atoms with Crippen LogP contribution in [0.15, 0.2) is 72.8 Å². The number of sulfonamides is 2. The first-order chi connectivity index (χ1) is 22.4. The van der Waals surface area contributed by atoms with E-state index in [4.69, 9.17) is 20.9 Å². The number of anilines is 3. The monoisotopic (exact) mass is 758 g/mol. The van der Waals surface area contributed by atoms with Crippen molar-refractivity contribution in [3.63, 3.8) is 0 Å². The van der Waals surface area contributed by atoms with E-state index in [1.807, 2.05) is 45.0 Å². The second-order valence-corrected chi connectivity index (χ2v) is 16.3. The van der Waals surface area contributed by atoms with Gasteiger partial charge in [-0.15, -0.1) is 12.4 Å². The Morgan fingerprint density at radius 1 is 0.640 bits per heavy atom. The topological polar surface area (TPSA) is 221 Å². The van der Waals surface area contributed by atoms with Gasteiger partial charge in [-0.1, -0.05) is 36.4 Å². The zero-order valence-corrected chi connectivity index (χ0v) is 32.1. The highest BCUT2D eigenvalue weighted by Gasteiger charge is 2.16. The van der Waals surface area contributed by atoms with Gasteiger partial charge in [0.1, 0.15) is 11.2 Å². The Hall–Kier alpha value is -4.25. The minimum absolute atomic E-state index is 0. The molecule has 0 bridgehead atoms. The molecule has 0 spiro atoms. The standard InChI is InChI=1S/C13H20N2O4S.C12H18N2O2.C8H12N2O2S.ClH/c1-13(2,3)19-12(16)14-9-10-6-5-7-11(8-10)15-20(4,17)18;1-12(2,3)16-11(15)14-8-9-5-4-6-10(13)7-9;1-13(11,12)10-8-4-2-3-7(5-8)6-9;/h5-8,15H,9H2,1-4H3,(H,14,16);4-7H,8,13H2,1-3H3,(H,14,15);2-5,10H,6,9H2,1H3;1H. The van der Waals surface area contributed by atoms with Crippen molar-refractivity contribution >= 4 is 61.7 Å². The van der Waals surface area contributed by atoms with Crippen molar-refractivity contribution in [2.45, 2.75) is 72.4 Å². The Kier molecular flexibility index (Phi) is 18.7. The molecule has 0 saturated carbocycles. The fourth-order valence-electron chi connectivity index (χ4n) is 3.61. The largest absolute Gasteiger partial charge is 0.444 e. The minimum Gasteiger partial charge on any atom is -0.444 e. The maximum atomic E-state index is 11.5. The van der Waals surface area contributed by atoms with E-state index in [0.717, 1.165) is 29.2 Å². The molecular weight excluding hydrogens is 708 g/mol. The van der Waals surface area contributed by atoms with Gasteiger partial charge in [0, 0.05) is 36.7 Å². The van der Waals surface area contributed by atoms with Crippen molar-refractivity contribution in [1.82, 2.24) is 10.6 Å². The van der Waals surface area contributed by atoms with Crippen LogP contribution in [-0.4, -0.2) is 52.7 Å². The van der Waals surface area contributed by atoms with Gasteiger partial charge in [0.2, 0.25) is 20.0 Å². The molecule has 14 nitrogen and oxygen atoms in total. The van der Waals surface area contributed by atoms with Crippen LogP contribution in [-0.2, 0) is 49.2 Å². The van der Waals surface area contributed by atoms with Crippen LogP contribution in [0.25, 0.3) is 0 Å². The SMILES string of the molecule is CC(C)(C)OC(=O)NCc1cccc(N)c1.CC(C)(C)OC(=O)NCc1cccc(NS(C)(=O)=O)c1.CS(=O)(=O)Nc1cccc(CN)c1.Cl. The molecule has 0 heterocycles. The molecule has 3 aromatic carbocycles. The van der Waals surface area contributed by atoms with E-state index in [9.17, 15) is 26.4 Å². The number of nitrogens with two attached hydrogens (primary N) is 2. The summed E-state index contributed by atoms with van der Waals surface area (Å²) in [6, 6.07) is 21.1. The lowest BCUT2D eigenvalue weighted by Gasteiger charge is -2.19. The number of alkyl carbamates (subject to hydrolysis) is 2. The summed E-state index contributed by atoms with van der Waals surface area (Å²) in [4.78, 5) is 22.9. The van der Waals surface area contributed by atoms with E-state index in [1.54, 1.807) is 69.3 Å². The van der Waals surface area contributed by atoms with Gasteiger partial charge < -0.3 is 31.6 Å². The maximum absolute atomic E-state index is 11.5. The number of nitrogen functional groups attached to an aromatic ring is 1. The molecule has 0 fully saturated rings. The smallest absolute Gasteiger partial charge is 0.407 e. The average molecular weight is 759 g/mol. The first-order valence-corrected chi connectivity index (χ1v) is 18.8. The maximum Gasteiger partial charge on any atom is 0.407 e. The minimum atomic E-state index is -3.31. The van der Waals surface area contributed by atoms with Gasteiger partial charge in [0.15, 0.2) is 0 Å². The van der Waals surface area contributed by atoms with Gasteiger partial charge in [-0.2, -0.15) is 0 Å². The number of amides is 2. The molecule has 280 valence electrons. The normalized spacial score (nSPS) is 11.1. The van der Waals surface area contributed by atoms with Crippen LogP contribution in [0.2, 0.25) is 0 Å². The number of halogens is 1. The van der Waals surface area contributed by atoms with E-state index in [-0.39, 0.29) is 19.0 Å². The molecule has 8 N–H and O–H groups in total. The molecule has 0 radical (unpaired) electrons. The molecule has 0 unspecified atom stereocenters. The van der Waals surface area contributed by atoms with Crippen LogP contribution in [0.4, 0.5) is 26.7 Å². The van der Waals surface area contributed by atoms with Gasteiger partial charge in [-0.25, -0.2) is 26.4 Å². The number of ether oxygens (including phenoxy) is 2. The summed E-state index contributed by atoms with van der Waals surface area (Å²) >= 11 is 0. The predicted octanol–water partition coefficient (Wildman–Crippen LogP) is 5.31. The van der Waals surface area contributed by atoms with E-state index in [2.05, 4.69) is 20.1 Å². The molecule has 0 saturated heterocycles. The Labute approximate surface area is 302 Å². The van der Waals surface area contributed by atoms with Crippen LogP contribution < -0.4 is 31.5 Å². The summed E-state index contributed by atoms with van der Waals surface area (Å²) in [6.07, 6.45) is 1.26. The molecule has 3 rings (SSSR count). The van der Waals surface area contributed by atoms with E-state index in [1.165, 1.54) is 0 Å². The van der Waals surface area contributed by atoms with Crippen molar-refractivity contribution in [3.8, 4) is 0 Å². The Morgan fingerprint density at radius 3 is 1.36 bits per heavy atom. The number of carbonyl (C=O) groups excluding carboxylic acids is 2. The second-order valence-electron chi connectivity index (χ2n) is 12.8. The number of benzene rings is 3. The molecule has 0 atom stereocenters. The Morgan fingerprint density at radius 2 is 1.00 bits per heavy atom. The van der Waals surface area contributed by atoms with Crippen molar-refractivity contribution in [2.24, 2.45) is 5.73 Å². The highest BCUT2D eigenvalue weighted by Crippen LogP contribution is 2.13. The third-order valence-corrected chi connectivity index (χ3v) is 6.53. The van der Waals surface area contributed by atoms with Crippen LogP contribution in [0.5, 0.6) is 0 Å². The molecule has 0 aliphatic rings. The van der Waals surface area contributed by atoms with Gasteiger partial charge >= 0.3 is 12.2 Å². The summed E-state index contributed by atoms with van der Waals surface area (Å²) in [5.41, 5.74) is 14.3. The number of hydrogen-bond donors (Lipinski definition) is 6. The third-order valence-electron chi connectivity index (χ3n) is 5.32. The van der Waals surface area contributed by atoms with Gasteiger partial charge in [-0.3, -0.25) is 9.44 Å².